The van der Waals surface area contributed by atoms with Crippen molar-refractivity contribution in [3.05, 3.63) is 70.9 Å². The summed E-state index contributed by atoms with van der Waals surface area (Å²) < 4.78 is 5.72. The molecule has 0 aliphatic rings. The van der Waals surface area contributed by atoms with Crippen molar-refractivity contribution >= 4 is 17.4 Å². The molecule has 4 nitrogen and oxygen atoms in total. The highest BCUT2D eigenvalue weighted by Crippen LogP contribution is 2.28. The van der Waals surface area contributed by atoms with E-state index in [0.29, 0.717) is 27.7 Å². The first-order chi connectivity index (χ1) is 11.5. The molecule has 0 bridgehead atoms. The third-order valence-electron chi connectivity index (χ3n) is 3.49. The van der Waals surface area contributed by atoms with Crippen LogP contribution in [0.2, 0.25) is 5.02 Å². The summed E-state index contributed by atoms with van der Waals surface area (Å²) in [6, 6.07) is 16.6. The van der Waals surface area contributed by atoms with Gasteiger partial charge in [0.25, 0.3) is 0 Å². The lowest BCUT2D eigenvalue weighted by atomic mass is 10.0. The summed E-state index contributed by atoms with van der Waals surface area (Å²) in [7, 11) is 0. The van der Waals surface area contributed by atoms with E-state index in [1.54, 1.807) is 19.1 Å². The normalized spacial score (nSPS) is 10.5. The molecule has 0 unspecified atom stereocenters. The van der Waals surface area contributed by atoms with Crippen LogP contribution in [-0.2, 0) is 0 Å². The summed E-state index contributed by atoms with van der Waals surface area (Å²) in [5.74, 6) is 0.540. The van der Waals surface area contributed by atoms with Gasteiger partial charge in [0.2, 0.25) is 0 Å². The van der Waals surface area contributed by atoms with Crippen molar-refractivity contribution in [2.45, 2.75) is 13.8 Å². The van der Waals surface area contributed by atoms with Crippen molar-refractivity contribution < 1.29 is 9.53 Å². The lowest BCUT2D eigenvalue weighted by molar-refractivity contribution is 0.101. The molecule has 0 fully saturated rings. The Morgan fingerprint density at radius 3 is 2.29 bits per heavy atom. The van der Waals surface area contributed by atoms with Crippen LogP contribution in [0.1, 0.15) is 23.0 Å². The lowest BCUT2D eigenvalue weighted by Gasteiger charge is -2.12. The average molecular weight is 339 g/mol. The number of hydrogen-bond acceptors (Lipinski definition) is 4. The maximum Gasteiger partial charge on any atom is 0.322 e. The molecule has 0 amide bonds. The largest absolute Gasteiger partial charge is 0.424 e. The van der Waals surface area contributed by atoms with Crippen molar-refractivity contribution in [3.8, 4) is 23.0 Å². The second kappa shape index (κ2) is 6.81. The minimum atomic E-state index is -0.0938. The van der Waals surface area contributed by atoms with E-state index in [2.05, 4.69) is 9.97 Å². The monoisotopic (exact) mass is 338 g/mol. The lowest BCUT2D eigenvalue weighted by Crippen LogP contribution is -2.06. The summed E-state index contributed by atoms with van der Waals surface area (Å²) in [5, 5.41) is 0.620. The van der Waals surface area contributed by atoms with Gasteiger partial charge < -0.3 is 4.74 Å². The molecular formula is C19H15ClN2O2. The van der Waals surface area contributed by atoms with Gasteiger partial charge in [0.05, 0.1) is 17.0 Å². The van der Waals surface area contributed by atoms with Crippen LogP contribution in [0.15, 0.2) is 54.6 Å². The Kier molecular flexibility index (Phi) is 4.58. The number of aromatic nitrogens is 2. The molecule has 0 aliphatic carbocycles. The van der Waals surface area contributed by atoms with Gasteiger partial charge in [-0.3, -0.25) is 4.79 Å². The highest BCUT2D eigenvalue weighted by atomic mass is 35.5. The van der Waals surface area contributed by atoms with Crippen molar-refractivity contribution in [2.75, 3.05) is 0 Å². The van der Waals surface area contributed by atoms with E-state index in [9.17, 15) is 4.79 Å². The van der Waals surface area contributed by atoms with E-state index in [4.69, 9.17) is 16.3 Å². The summed E-state index contributed by atoms with van der Waals surface area (Å²) in [6.45, 7) is 3.28. The van der Waals surface area contributed by atoms with Crippen LogP contribution < -0.4 is 4.74 Å². The SMILES string of the molecule is CC(=O)c1c(C)nc(Oc2ccccc2)nc1-c1ccc(Cl)cc1. The molecule has 2 aromatic carbocycles. The molecule has 0 spiro atoms. The number of ether oxygens (including phenoxy) is 1. The summed E-state index contributed by atoms with van der Waals surface area (Å²) in [5.41, 5.74) is 2.39. The molecule has 24 heavy (non-hydrogen) atoms. The molecule has 3 rings (SSSR count). The van der Waals surface area contributed by atoms with Gasteiger partial charge in [0, 0.05) is 10.6 Å². The number of halogens is 1. The van der Waals surface area contributed by atoms with Crippen LogP contribution >= 0.6 is 11.6 Å². The van der Waals surface area contributed by atoms with Crippen LogP contribution in [0.25, 0.3) is 11.3 Å². The molecule has 1 heterocycles. The van der Waals surface area contributed by atoms with E-state index >= 15 is 0 Å². The maximum atomic E-state index is 12.1. The van der Waals surface area contributed by atoms with Gasteiger partial charge in [-0.05, 0) is 38.1 Å². The Morgan fingerprint density at radius 2 is 1.67 bits per heavy atom. The van der Waals surface area contributed by atoms with Crippen molar-refractivity contribution in [1.82, 2.24) is 9.97 Å². The van der Waals surface area contributed by atoms with Crippen molar-refractivity contribution in [2.24, 2.45) is 0 Å². The molecule has 0 atom stereocenters. The van der Waals surface area contributed by atoms with Crippen LogP contribution in [-0.4, -0.2) is 15.8 Å². The minimum absolute atomic E-state index is 0.0938. The fraction of sp³-hybridized carbons (Fsp3) is 0.105. The summed E-state index contributed by atoms with van der Waals surface area (Å²) in [4.78, 5) is 20.8. The first-order valence-electron chi connectivity index (χ1n) is 7.43. The number of carbonyl (C=O) groups excluding carboxylic acids is 1. The molecule has 1 aromatic heterocycles. The number of rotatable bonds is 4. The Hall–Kier alpha value is -2.72. The third-order valence-corrected chi connectivity index (χ3v) is 3.74. The fourth-order valence-electron chi connectivity index (χ4n) is 2.42. The highest BCUT2D eigenvalue weighted by molar-refractivity contribution is 6.30. The van der Waals surface area contributed by atoms with Gasteiger partial charge in [-0.25, -0.2) is 0 Å². The first-order valence-corrected chi connectivity index (χ1v) is 7.81. The Labute approximate surface area is 145 Å². The Bertz CT molecular complexity index is 878. The topological polar surface area (TPSA) is 52.1 Å². The third kappa shape index (κ3) is 3.44. The molecule has 5 heteroatoms. The predicted octanol–water partition coefficient (Wildman–Crippen LogP) is 5.10. The summed E-state index contributed by atoms with van der Waals surface area (Å²) in [6.07, 6.45) is 0. The van der Waals surface area contributed by atoms with Gasteiger partial charge in [0.15, 0.2) is 5.78 Å². The molecule has 3 aromatic rings. The Morgan fingerprint density at radius 1 is 1.00 bits per heavy atom. The van der Waals surface area contributed by atoms with Crippen LogP contribution in [0.4, 0.5) is 0 Å². The van der Waals surface area contributed by atoms with Crippen molar-refractivity contribution in [3.63, 3.8) is 0 Å². The number of hydrogen-bond donors (Lipinski definition) is 0. The van der Waals surface area contributed by atoms with Crippen LogP contribution in [0.3, 0.4) is 0 Å². The number of para-hydroxylation sites is 1. The molecule has 0 saturated heterocycles. The summed E-state index contributed by atoms with van der Waals surface area (Å²) >= 11 is 5.95. The average Bonchev–Trinajstić information content (AvgIpc) is 2.55. The molecule has 0 radical (unpaired) electrons. The second-order valence-corrected chi connectivity index (χ2v) is 5.73. The second-order valence-electron chi connectivity index (χ2n) is 5.29. The predicted molar refractivity (Wildman–Crippen MR) is 93.7 cm³/mol. The maximum absolute atomic E-state index is 12.1. The fourth-order valence-corrected chi connectivity index (χ4v) is 2.55. The van der Waals surface area contributed by atoms with Crippen LogP contribution in [0.5, 0.6) is 11.8 Å². The number of benzene rings is 2. The van der Waals surface area contributed by atoms with Gasteiger partial charge in [-0.1, -0.05) is 41.9 Å². The number of Topliss-reactive ketones (excluding diaryl/α,β-unsaturated/α-hetero) is 1. The quantitative estimate of drug-likeness (QED) is 0.621. The number of nitrogens with zero attached hydrogens (tertiary/aromatic N) is 2. The molecule has 0 aliphatic heterocycles. The minimum Gasteiger partial charge on any atom is -0.424 e. The van der Waals surface area contributed by atoms with Gasteiger partial charge in [-0.15, -0.1) is 0 Å². The van der Waals surface area contributed by atoms with Gasteiger partial charge in [0.1, 0.15) is 5.75 Å². The molecule has 0 saturated carbocycles. The zero-order valence-electron chi connectivity index (χ0n) is 13.3. The molecular weight excluding hydrogens is 324 g/mol. The van der Waals surface area contributed by atoms with Crippen molar-refractivity contribution in [1.29, 1.82) is 0 Å². The van der Waals surface area contributed by atoms with E-state index in [-0.39, 0.29) is 11.8 Å². The first kappa shape index (κ1) is 16.1. The zero-order valence-corrected chi connectivity index (χ0v) is 14.0. The van der Waals surface area contributed by atoms with Crippen LogP contribution in [0, 0.1) is 6.92 Å². The Balaban J connectivity index is 2.10. The molecule has 120 valence electrons. The van der Waals surface area contributed by atoms with E-state index in [1.807, 2.05) is 42.5 Å². The highest BCUT2D eigenvalue weighted by Gasteiger charge is 2.18. The van der Waals surface area contributed by atoms with E-state index in [0.717, 1.165) is 5.56 Å². The molecule has 0 N–H and O–H groups in total. The number of ketones is 1. The van der Waals surface area contributed by atoms with E-state index < -0.39 is 0 Å². The van der Waals surface area contributed by atoms with Gasteiger partial charge in [-0.2, -0.15) is 9.97 Å². The standard InChI is InChI=1S/C19H15ClN2O2/c1-12-17(13(2)23)18(14-8-10-15(20)11-9-14)22-19(21-12)24-16-6-4-3-5-7-16/h3-11H,1-2H3. The number of carbonyl (C=O) groups is 1. The smallest absolute Gasteiger partial charge is 0.322 e. The number of aryl methyl sites for hydroxylation is 1. The van der Waals surface area contributed by atoms with E-state index in [1.165, 1.54) is 6.92 Å². The van der Waals surface area contributed by atoms with Gasteiger partial charge >= 0.3 is 6.01 Å². The zero-order chi connectivity index (χ0) is 17.1.